The quantitative estimate of drug-likeness (QED) is 0.372. The number of rotatable bonds is 7. The largest absolute Gasteiger partial charge is 0.361 e. The Labute approximate surface area is 271 Å². The minimum Gasteiger partial charge on any atom is -0.361 e. The van der Waals surface area contributed by atoms with E-state index in [2.05, 4.69) is 50.8 Å². The molecule has 2 aromatic carbocycles. The number of piperidine rings is 2. The van der Waals surface area contributed by atoms with Crippen molar-refractivity contribution in [3.05, 3.63) is 65.9 Å². The van der Waals surface area contributed by atoms with E-state index in [4.69, 9.17) is 0 Å². The van der Waals surface area contributed by atoms with Gasteiger partial charge in [-0.3, -0.25) is 14.5 Å². The molecule has 0 saturated carbocycles. The van der Waals surface area contributed by atoms with E-state index in [-0.39, 0.29) is 30.3 Å². The summed E-state index contributed by atoms with van der Waals surface area (Å²) in [6.45, 7) is 7.60. The van der Waals surface area contributed by atoms with E-state index < -0.39 is 5.92 Å². The number of anilines is 1. The second-order valence-corrected chi connectivity index (χ2v) is 13.5. The highest BCUT2D eigenvalue weighted by atomic mass is 16.2. The number of aromatic amines is 1. The van der Waals surface area contributed by atoms with Gasteiger partial charge in [-0.15, -0.1) is 0 Å². The molecule has 5 heterocycles. The van der Waals surface area contributed by atoms with Crippen LogP contribution in [0.25, 0.3) is 10.9 Å². The van der Waals surface area contributed by atoms with Crippen molar-refractivity contribution in [2.75, 3.05) is 64.2 Å². The monoisotopic (exact) mass is 625 g/mol. The second-order valence-electron chi connectivity index (χ2n) is 13.5. The van der Waals surface area contributed by atoms with Crippen LogP contribution in [0.15, 0.2) is 54.7 Å². The lowest BCUT2D eigenvalue weighted by Crippen LogP contribution is -2.53. The zero-order valence-electron chi connectivity index (χ0n) is 26.8. The zero-order valence-corrected chi connectivity index (χ0v) is 26.8. The van der Waals surface area contributed by atoms with Crippen molar-refractivity contribution in [1.82, 2.24) is 29.9 Å². The van der Waals surface area contributed by atoms with Crippen LogP contribution in [0.2, 0.25) is 0 Å². The summed E-state index contributed by atoms with van der Waals surface area (Å²) in [5, 5.41) is 7.64. The zero-order chi connectivity index (χ0) is 31.5. The Morgan fingerprint density at radius 3 is 2.37 bits per heavy atom. The summed E-state index contributed by atoms with van der Waals surface area (Å²) < 4.78 is 0. The molecule has 3 saturated heterocycles. The maximum absolute atomic E-state index is 14.1. The third-order valence-electron chi connectivity index (χ3n) is 10.7. The van der Waals surface area contributed by atoms with Crippen LogP contribution in [-0.4, -0.2) is 113 Å². The third kappa shape index (κ3) is 6.78. The SMILES string of the molecule is O=C(CC(Cc1ccc2[nH]ccc2c1)C(=O)N1CCC(N2CCNCC2)CC1)N1CCC(N2CCc3ccccc3NC2=O)CC1. The van der Waals surface area contributed by atoms with Crippen LogP contribution in [0, 0.1) is 5.92 Å². The van der Waals surface area contributed by atoms with Gasteiger partial charge >= 0.3 is 6.03 Å². The molecule has 3 N–H and O–H groups in total. The normalized spacial score (nSPS) is 21.1. The van der Waals surface area contributed by atoms with Crippen molar-refractivity contribution in [2.45, 2.75) is 57.0 Å². The number of amides is 4. The van der Waals surface area contributed by atoms with Crippen molar-refractivity contribution in [3.8, 4) is 0 Å². The number of benzene rings is 2. The first-order valence-corrected chi connectivity index (χ1v) is 17.2. The van der Waals surface area contributed by atoms with E-state index in [1.807, 2.05) is 39.1 Å². The number of para-hydroxylation sites is 1. The van der Waals surface area contributed by atoms with Gasteiger partial charge in [-0.2, -0.15) is 0 Å². The molecule has 0 aliphatic carbocycles. The molecule has 4 aliphatic rings. The molecule has 4 aliphatic heterocycles. The van der Waals surface area contributed by atoms with Gasteiger partial charge in [0.2, 0.25) is 11.8 Å². The highest BCUT2D eigenvalue weighted by Gasteiger charge is 2.35. The molecule has 3 aromatic rings. The van der Waals surface area contributed by atoms with Crippen molar-refractivity contribution in [2.24, 2.45) is 5.92 Å². The Hall–Kier alpha value is -3.89. The molecule has 4 amide bonds. The van der Waals surface area contributed by atoms with Gasteiger partial charge in [0.05, 0.1) is 5.92 Å². The lowest BCUT2D eigenvalue weighted by molar-refractivity contribution is -0.143. The summed E-state index contributed by atoms with van der Waals surface area (Å²) in [5.41, 5.74) is 4.20. The van der Waals surface area contributed by atoms with Gasteiger partial charge in [-0.25, -0.2) is 4.79 Å². The summed E-state index contributed by atoms with van der Waals surface area (Å²) in [7, 11) is 0. The third-order valence-corrected chi connectivity index (χ3v) is 10.7. The minimum absolute atomic E-state index is 0.0444. The first kappa shape index (κ1) is 30.7. The van der Waals surface area contributed by atoms with Crippen molar-refractivity contribution in [3.63, 3.8) is 0 Å². The number of hydrogen-bond donors (Lipinski definition) is 3. The first-order chi connectivity index (χ1) is 22.5. The smallest absolute Gasteiger partial charge is 0.322 e. The highest BCUT2D eigenvalue weighted by molar-refractivity contribution is 5.91. The van der Waals surface area contributed by atoms with Gasteiger partial charge in [0.15, 0.2) is 0 Å². The molecule has 1 unspecified atom stereocenters. The van der Waals surface area contributed by atoms with Gasteiger partial charge in [-0.1, -0.05) is 24.3 Å². The lowest BCUT2D eigenvalue weighted by atomic mass is 9.91. The maximum atomic E-state index is 14.1. The van der Waals surface area contributed by atoms with Crippen molar-refractivity contribution >= 4 is 34.4 Å². The fourth-order valence-electron chi connectivity index (χ4n) is 8.02. The number of aromatic nitrogens is 1. The van der Waals surface area contributed by atoms with E-state index >= 15 is 0 Å². The molecule has 46 heavy (non-hydrogen) atoms. The number of nitrogens with zero attached hydrogens (tertiary/aromatic N) is 4. The number of nitrogens with one attached hydrogen (secondary N) is 3. The number of hydrogen-bond acceptors (Lipinski definition) is 5. The van der Waals surface area contributed by atoms with Crippen molar-refractivity contribution in [1.29, 1.82) is 0 Å². The molecule has 1 aromatic heterocycles. The Bertz CT molecular complexity index is 1530. The predicted molar refractivity (Wildman–Crippen MR) is 180 cm³/mol. The van der Waals surface area contributed by atoms with Crippen LogP contribution in [0.1, 0.15) is 43.2 Å². The van der Waals surface area contributed by atoms with Gasteiger partial charge in [0, 0.05) is 94.8 Å². The highest BCUT2D eigenvalue weighted by Crippen LogP contribution is 2.27. The molecule has 0 radical (unpaired) electrons. The molecule has 3 fully saturated rings. The summed E-state index contributed by atoms with van der Waals surface area (Å²) in [6, 6.07) is 16.9. The average Bonchev–Trinajstić information content (AvgIpc) is 3.50. The van der Waals surface area contributed by atoms with Crippen LogP contribution in [-0.2, 0) is 22.4 Å². The van der Waals surface area contributed by atoms with Crippen LogP contribution >= 0.6 is 0 Å². The molecule has 10 heteroatoms. The van der Waals surface area contributed by atoms with Crippen LogP contribution in [0.4, 0.5) is 10.5 Å². The van der Waals surface area contributed by atoms with Crippen molar-refractivity contribution < 1.29 is 14.4 Å². The summed E-state index contributed by atoms with van der Waals surface area (Å²) in [6.07, 6.45) is 6.99. The Morgan fingerprint density at radius 1 is 0.826 bits per heavy atom. The van der Waals surface area contributed by atoms with Gasteiger partial charge < -0.3 is 30.3 Å². The number of likely N-dealkylation sites (tertiary alicyclic amines) is 2. The second kappa shape index (κ2) is 13.8. The topological polar surface area (TPSA) is 104 Å². The lowest BCUT2D eigenvalue weighted by Gasteiger charge is -2.41. The number of fused-ring (bicyclic) bond motifs is 2. The molecular weight excluding hydrogens is 578 g/mol. The Kier molecular flexibility index (Phi) is 9.26. The number of carbonyl (C=O) groups excluding carboxylic acids is 3. The summed E-state index contributed by atoms with van der Waals surface area (Å²) >= 11 is 0. The van der Waals surface area contributed by atoms with Crippen LogP contribution in [0.5, 0.6) is 0 Å². The number of H-pyrrole nitrogens is 1. The number of urea groups is 1. The maximum Gasteiger partial charge on any atom is 0.322 e. The van der Waals surface area contributed by atoms with Gasteiger partial charge in [0.25, 0.3) is 0 Å². The number of carbonyl (C=O) groups is 3. The molecule has 7 rings (SSSR count). The van der Waals surface area contributed by atoms with E-state index in [1.54, 1.807) is 0 Å². The van der Waals surface area contributed by atoms with Crippen LogP contribution < -0.4 is 10.6 Å². The molecule has 1 atom stereocenters. The molecule has 244 valence electrons. The van der Waals surface area contributed by atoms with Crippen LogP contribution in [0.3, 0.4) is 0 Å². The van der Waals surface area contributed by atoms with E-state index in [0.717, 1.165) is 99.1 Å². The minimum atomic E-state index is -0.396. The fourth-order valence-corrected chi connectivity index (χ4v) is 8.02. The standard InChI is InChI=1S/C36H47N7O3/c44-34(41-16-11-31(12-17-41)43-20-8-27-3-1-2-4-33(27)39-36(43)46)25-29(24-26-5-6-32-28(23-26)7-13-38-32)35(45)42-18-9-30(10-19-42)40-21-14-37-15-22-40/h1-7,13,23,29-31,37-38H,8-12,14-22,24-25H2,(H,39,46). The molecule has 0 bridgehead atoms. The van der Waals surface area contributed by atoms with E-state index in [1.165, 1.54) is 0 Å². The number of piperazine rings is 1. The summed E-state index contributed by atoms with van der Waals surface area (Å²) in [4.78, 5) is 52.7. The average molecular weight is 626 g/mol. The Balaban J connectivity index is 0.986. The predicted octanol–water partition coefficient (Wildman–Crippen LogP) is 3.69. The van der Waals surface area contributed by atoms with E-state index in [9.17, 15) is 14.4 Å². The first-order valence-electron chi connectivity index (χ1n) is 17.2. The van der Waals surface area contributed by atoms with Gasteiger partial charge in [-0.05, 0) is 79.3 Å². The van der Waals surface area contributed by atoms with Gasteiger partial charge in [0.1, 0.15) is 0 Å². The molecule has 10 nitrogen and oxygen atoms in total. The fraction of sp³-hybridized carbons (Fsp3) is 0.528. The molecule has 0 spiro atoms. The summed E-state index contributed by atoms with van der Waals surface area (Å²) in [5.74, 6) is -0.243. The molecular formula is C36H47N7O3. The van der Waals surface area contributed by atoms with E-state index in [0.29, 0.717) is 32.1 Å². The Morgan fingerprint density at radius 2 is 1.57 bits per heavy atom.